The second-order valence-electron chi connectivity index (χ2n) is 4.11. The van der Waals surface area contributed by atoms with Gasteiger partial charge in [-0.05, 0) is 46.1 Å². The highest BCUT2D eigenvalue weighted by Gasteiger charge is 2.14. The summed E-state index contributed by atoms with van der Waals surface area (Å²) in [6.45, 7) is 0.385. The molecular formula is C14H11BrF2N2O. The topological polar surface area (TPSA) is 42.0 Å². The Morgan fingerprint density at radius 1 is 1.30 bits per heavy atom. The van der Waals surface area contributed by atoms with E-state index in [0.717, 1.165) is 17.7 Å². The van der Waals surface area contributed by atoms with Crippen molar-refractivity contribution < 1.29 is 13.6 Å². The molecule has 1 aromatic heterocycles. The lowest BCUT2D eigenvalue weighted by atomic mass is 10.2. The molecule has 0 unspecified atom stereocenters. The number of hydrogen-bond acceptors (Lipinski definition) is 2. The molecule has 1 N–H and O–H groups in total. The Labute approximate surface area is 123 Å². The standard InChI is InChI=1S/C14H11BrF2N2O/c15-11-7-13(17)12(16)6-10(11)14(20)19-5-3-9-2-1-4-18-8-9/h1-2,4,6-8H,3,5H2,(H,19,20). The minimum atomic E-state index is -1.05. The van der Waals surface area contributed by atoms with E-state index >= 15 is 0 Å². The summed E-state index contributed by atoms with van der Waals surface area (Å²) in [6, 6.07) is 5.51. The minimum absolute atomic E-state index is 0.0649. The molecule has 2 rings (SSSR count). The van der Waals surface area contributed by atoms with Crippen LogP contribution in [0.3, 0.4) is 0 Å². The molecule has 0 aliphatic carbocycles. The molecule has 0 fully saturated rings. The lowest BCUT2D eigenvalue weighted by Gasteiger charge is -2.07. The van der Waals surface area contributed by atoms with Crippen LogP contribution in [0.15, 0.2) is 41.1 Å². The highest BCUT2D eigenvalue weighted by molar-refractivity contribution is 9.10. The predicted molar refractivity (Wildman–Crippen MR) is 74.3 cm³/mol. The van der Waals surface area contributed by atoms with Crippen LogP contribution in [0.4, 0.5) is 8.78 Å². The van der Waals surface area contributed by atoms with Crippen LogP contribution < -0.4 is 5.32 Å². The van der Waals surface area contributed by atoms with Crippen molar-refractivity contribution in [3.63, 3.8) is 0 Å². The number of halogens is 3. The van der Waals surface area contributed by atoms with Gasteiger partial charge in [-0.3, -0.25) is 9.78 Å². The zero-order valence-electron chi connectivity index (χ0n) is 10.4. The van der Waals surface area contributed by atoms with Crippen molar-refractivity contribution in [2.45, 2.75) is 6.42 Å². The maximum Gasteiger partial charge on any atom is 0.252 e. The van der Waals surface area contributed by atoms with Crippen LogP contribution in [-0.2, 0) is 6.42 Å². The number of pyridine rings is 1. The number of carbonyl (C=O) groups is 1. The Bertz CT molecular complexity index is 620. The van der Waals surface area contributed by atoms with E-state index in [-0.39, 0.29) is 10.0 Å². The van der Waals surface area contributed by atoms with Crippen molar-refractivity contribution in [3.8, 4) is 0 Å². The van der Waals surface area contributed by atoms with E-state index in [2.05, 4.69) is 26.2 Å². The Balaban J connectivity index is 1.97. The summed E-state index contributed by atoms with van der Waals surface area (Å²) in [4.78, 5) is 15.8. The molecule has 3 nitrogen and oxygen atoms in total. The molecule has 104 valence electrons. The van der Waals surface area contributed by atoms with Crippen molar-refractivity contribution >= 4 is 21.8 Å². The van der Waals surface area contributed by atoms with Crippen LogP contribution in [0, 0.1) is 11.6 Å². The first-order valence-corrected chi connectivity index (χ1v) is 6.69. The van der Waals surface area contributed by atoms with Crippen LogP contribution in [0.5, 0.6) is 0 Å². The monoisotopic (exact) mass is 340 g/mol. The average Bonchev–Trinajstić information content (AvgIpc) is 2.44. The summed E-state index contributed by atoms with van der Waals surface area (Å²) >= 11 is 3.04. The van der Waals surface area contributed by atoms with E-state index in [4.69, 9.17) is 0 Å². The summed E-state index contributed by atoms with van der Waals surface area (Å²) < 4.78 is 26.3. The van der Waals surface area contributed by atoms with Crippen LogP contribution in [0.2, 0.25) is 0 Å². The molecule has 1 heterocycles. The van der Waals surface area contributed by atoms with Gasteiger partial charge in [0.15, 0.2) is 11.6 Å². The molecular weight excluding hydrogens is 330 g/mol. The summed E-state index contributed by atoms with van der Waals surface area (Å²) in [5.41, 5.74) is 1.05. The van der Waals surface area contributed by atoms with Gasteiger partial charge in [0.2, 0.25) is 0 Å². The highest BCUT2D eigenvalue weighted by atomic mass is 79.9. The molecule has 2 aromatic rings. The fourth-order valence-electron chi connectivity index (χ4n) is 1.66. The van der Waals surface area contributed by atoms with Gasteiger partial charge in [0.25, 0.3) is 5.91 Å². The number of hydrogen-bond donors (Lipinski definition) is 1. The van der Waals surface area contributed by atoms with Gasteiger partial charge in [-0.2, -0.15) is 0 Å². The molecule has 0 bridgehead atoms. The molecule has 6 heteroatoms. The van der Waals surface area contributed by atoms with Gasteiger partial charge < -0.3 is 5.32 Å². The number of nitrogens with zero attached hydrogens (tertiary/aromatic N) is 1. The number of benzene rings is 1. The third kappa shape index (κ3) is 3.60. The van der Waals surface area contributed by atoms with Gasteiger partial charge in [0.05, 0.1) is 5.56 Å². The van der Waals surface area contributed by atoms with Gasteiger partial charge in [-0.15, -0.1) is 0 Å². The first-order valence-electron chi connectivity index (χ1n) is 5.89. The lowest BCUT2D eigenvalue weighted by molar-refractivity contribution is 0.0953. The van der Waals surface area contributed by atoms with E-state index in [9.17, 15) is 13.6 Å². The Hall–Kier alpha value is -1.82. The second-order valence-corrected chi connectivity index (χ2v) is 4.97. The fourth-order valence-corrected chi connectivity index (χ4v) is 2.15. The van der Waals surface area contributed by atoms with Gasteiger partial charge in [0.1, 0.15) is 0 Å². The number of aromatic nitrogens is 1. The van der Waals surface area contributed by atoms with Crippen molar-refractivity contribution in [1.29, 1.82) is 0 Å². The molecule has 0 saturated carbocycles. The van der Waals surface area contributed by atoms with Crippen molar-refractivity contribution in [3.05, 3.63) is 63.9 Å². The molecule has 0 saturated heterocycles. The van der Waals surface area contributed by atoms with Crippen molar-refractivity contribution in [2.24, 2.45) is 0 Å². The summed E-state index contributed by atoms with van der Waals surface area (Å²) in [7, 11) is 0. The predicted octanol–water partition coefficient (Wildman–Crippen LogP) is 3.09. The molecule has 20 heavy (non-hydrogen) atoms. The van der Waals surface area contributed by atoms with Crippen LogP contribution >= 0.6 is 15.9 Å². The minimum Gasteiger partial charge on any atom is -0.352 e. The fraction of sp³-hybridized carbons (Fsp3) is 0.143. The van der Waals surface area contributed by atoms with Gasteiger partial charge in [0, 0.05) is 23.4 Å². The van der Waals surface area contributed by atoms with Crippen molar-refractivity contribution in [1.82, 2.24) is 10.3 Å². The number of carbonyl (C=O) groups excluding carboxylic acids is 1. The van der Waals surface area contributed by atoms with Crippen molar-refractivity contribution in [2.75, 3.05) is 6.54 Å². The molecule has 1 amide bonds. The van der Waals surface area contributed by atoms with Gasteiger partial charge >= 0.3 is 0 Å². The molecule has 0 atom stereocenters. The molecule has 0 spiro atoms. The average molecular weight is 341 g/mol. The molecule has 0 aliphatic rings. The normalized spacial score (nSPS) is 10.3. The lowest BCUT2D eigenvalue weighted by Crippen LogP contribution is -2.26. The first kappa shape index (κ1) is 14.6. The van der Waals surface area contributed by atoms with E-state index in [1.807, 2.05) is 12.1 Å². The summed E-state index contributed by atoms with van der Waals surface area (Å²) in [5, 5.41) is 2.65. The number of nitrogens with one attached hydrogen (secondary N) is 1. The third-order valence-electron chi connectivity index (χ3n) is 2.68. The summed E-state index contributed by atoms with van der Waals surface area (Å²) in [6.07, 6.45) is 3.99. The Kier molecular flexibility index (Phi) is 4.79. The molecule has 1 aromatic carbocycles. The molecule has 0 radical (unpaired) electrons. The van der Waals surface area contributed by atoms with Crippen LogP contribution in [0.25, 0.3) is 0 Å². The van der Waals surface area contributed by atoms with Crippen LogP contribution in [0.1, 0.15) is 15.9 Å². The van der Waals surface area contributed by atoms with Gasteiger partial charge in [-0.25, -0.2) is 8.78 Å². The second kappa shape index (κ2) is 6.56. The third-order valence-corrected chi connectivity index (χ3v) is 3.33. The maximum absolute atomic E-state index is 13.1. The molecule has 0 aliphatic heterocycles. The Morgan fingerprint density at radius 3 is 2.75 bits per heavy atom. The highest BCUT2D eigenvalue weighted by Crippen LogP contribution is 2.20. The Morgan fingerprint density at radius 2 is 2.05 bits per heavy atom. The maximum atomic E-state index is 13.1. The number of amides is 1. The summed E-state index contributed by atoms with van der Waals surface area (Å²) in [5.74, 6) is -2.51. The number of rotatable bonds is 4. The largest absolute Gasteiger partial charge is 0.352 e. The van der Waals surface area contributed by atoms with E-state index in [0.29, 0.717) is 13.0 Å². The quantitative estimate of drug-likeness (QED) is 0.869. The van der Waals surface area contributed by atoms with E-state index in [1.165, 1.54) is 0 Å². The van der Waals surface area contributed by atoms with Gasteiger partial charge in [-0.1, -0.05) is 6.07 Å². The smallest absolute Gasteiger partial charge is 0.252 e. The SMILES string of the molecule is O=C(NCCc1cccnc1)c1cc(F)c(F)cc1Br. The zero-order valence-corrected chi connectivity index (χ0v) is 12.0. The first-order chi connectivity index (χ1) is 9.58. The zero-order chi connectivity index (χ0) is 14.5. The van der Waals surface area contributed by atoms with Crippen LogP contribution in [-0.4, -0.2) is 17.4 Å². The van der Waals surface area contributed by atoms with E-state index < -0.39 is 17.5 Å². The van der Waals surface area contributed by atoms with E-state index in [1.54, 1.807) is 12.4 Å².